The highest BCUT2D eigenvalue weighted by atomic mass is 32.2. The van der Waals surface area contributed by atoms with Crippen LogP contribution in [-0.4, -0.2) is 0 Å². The molecule has 0 nitrogen and oxygen atoms in total. The summed E-state index contributed by atoms with van der Waals surface area (Å²) in [5.74, 6) is 0. The van der Waals surface area contributed by atoms with E-state index in [1.54, 1.807) is 0 Å². The molecule has 0 heterocycles. The Morgan fingerprint density at radius 2 is 1.65 bits per heavy atom. The highest BCUT2D eigenvalue weighted by Gasteiger charge is 2.06. The average Bonchev–Trinajstić information content (AvgIpc) is 2.40. The quantitative estimate of drug-likeness (QED) is 0.663. The van der Waals surface area contributed by atoms with Gasteiger partial charge in [-0.2, -0.15) is 0 Å². The molecule has 1 atom stereocenters. The summed E-state index contributed by atoms with van der Waals surface area (Å²) < 4.78 is 0. The Morgan fingerprint density at radius 1 is 1.00 bits per heavy atom. The van der Waals surface area contributed by atoms with Crippen molar-refractivity contribution in [1.82, 2.24) is 0 Å². The number of hydrogen-bond acceptors (Lipinski definition) is 1. The van der Waals surface area contributed by atoms with E-state index in [1.807, 2.05) is 23.9 Å². The molecule has 0 amide bonds. The molecule has 0 saturated carbocycles. The van der Waals surface area contributed by atoms with Gasteiger partial charge < -0.3 is 0 Å². The van der Waals surface area contributed by atoms with Gasteiger partial charge in [0.05, 0.1) is 0 Å². The van der Waals surface area contributed by atoms with Crippen LogP contribution in [0.4, 0.5) is 0 Å². The van der Waals surface area contributed by atoms with E-state index in [0.717, 1.165) is 0 Å². The molecule has 2 rings (SSSR count). The normalized spacial score (nSPS) is 12.1. The molecule has 1 unspecified atom stereocenters. The molecule has 0 radical (unpaired) electrons. The smallest absolute Gasteiger partial charge is 0.0316 e. The monoisotopic (exact) mass is 240 g/mol. The fraction of sp³-hybridized carbons (Fsp3) is 0.125. The van der Waals surface area contributed by atoms with E-state index in [4.69, 9.17) is 0 Å². The fourth-order valence-electron chi connectivity index (χ4n) is 1.67. The van der Waals surface area contributed by atoms with Gasteiger partial charge in [-0.25, -0.2) is 0 Å². The van der Waals surface area contributed by atoms with E-state index in [9.17, 15) is 0 Å². The van der Waals surface area contributed by atoms with Crippen molar-refractivity contribution in [3.63, 3.8) is 0 Å². The lowest BCUT2D eigenvalue weighted by molar-refractivity contribution is 1.09. The minimum absolute atomic E-state index is 0.469. The molecule has 0 N–H and O–H groups in total. The lowest BCUT2D eigenvalue weighted by Gasteiger charge is -2.11. The minimum Gasteiger partial charge on any atom is -0.118 e. The van der Waals surface area contributed by atoms with Crippen LogP contribution in [0.3, 0.4) is 0 Å². The zero-order valence-electron chi connectivity index (χ0n) is 9.97. The molecule has 17 heavy (non-hydrogen) atoms. The van der Waals surface area contributed by atoms with Gasteiger partial charge in [0.2, 0.25) is 0 Å². The zero-order chi connectivity index (χ0) is 12.1. The van der Waals surface area contributed by atoms with Gasteiger partial charge in [-0.05, 0) is 30.2 Å². The van der Waals surface area contributed by atoms with Crippen LogP contribution >= 0.6 is 11.8 Å². The Hall–Kier alpha value is -1.47. The Labute approximate surface area is 107 Å². The van der Waals surface area contributed by atoms with Crippen LogP contribution in [0.25, 0.3) is 6.08 Å². The van der Waals surface area contributed by atoms with Crippen molar-refractivity contribution in [3.05, 3.63) is 72.3 Å². The van der Waals surface area contributed by atoms with Crippen molar-refractivity contribution in [2.45, 2.75) is 17.1 Å². The van der Waals surface area contributed by atoms with Crippen LogP contribution in [0.15, 0.2) is 66.1 Å². The van der Waals surface area contributed by atoms with Crippen molar-refractivity contribution in [2.24, 2.45) is 0 Å². The van der Waals surface area contributed by atoms with Gasteiger partial charge in [0.1, 0.15) is 0 Å². The van der Waals surface area contributed by atoms with Gasteiger partial charge in [0, 0.05) is 10.1 Å². The van der Waals surface area contributed by atoms with E-state index in [-0.39, 0.29) is 0 Å². The summed E-state index contributed by atoms with van der Waals surface area (Å²) in [7, 11) is 0. The summed E-state index contributed by atoms with van der Waals surface area (Å²) >= 11 is 1.88. The first-order valence-electron chi connectivity index (χ1n) is 5.73. The lowest BCUT2D eigenvalue weighted by atomic mass is 10.1. The molecular formula is C16H16S. The third-order valence-electron chi connectivity index (χ3n) is 2.70. The van der Waals surface area contributed by atoms with Crippen LogP contribution < -0.4 is 0 Å². The maximum Gasteiger partial charge on any atom is 0.0316 e. The number of thioether (sulfide) groups is 1. The van der Waals surface area contributed by atoms with Gasteiger partial charge in [0.25, 0.3) is 0 Å². The Bertz CT molecular complexity index is 471. The van der Waals surface area contributed by atoms with Crippen LogP contribution in [-0.2, 0) is 0 Å². The molecular weight excluding hydrogens is 224 g/mol. The highest BCUT2D eigenvalue weighted by Crippen LogP contribution is 2.34. The molecule has 0 spiro atoms. The first-order valence-corrected chi connectivity index (χ1v) is 6.61. The predicted octanol–water partition coefficient (Wildman–Crippen LogP) is 5.18. The van der Waals surface area contributed by atoms with E-state index in [0.29, 0.717) is 5.25 Å². The van der Waals surface area contributed by atoms with Gasteiger partial charge in [-0.1, -0.05) is 55.1 Å². The van der Waals surface area contributed by atoms with Crippen molar-refractivity contribution < 1.29 is 0 Å². The number of benzene rings is 2. The summed E-state index contributed by atoms with van der Waals surface area (Å²) in [6.07, 6.45) is 1.87. The Balaban J connectivity index is 2.09. The summed E-state index contributed by atoms with van der Waals surface area (Å²) in [6, 6.07) is 19.1. The third-order valence-corrected chi connectivity index (χ3v) is 3.87. The summed E-state index contributed by atoms with van der Waals surface area (Å²) in [6.45, 7) is 6.00. The summed E-state index contributed by atoms with van der Waals surface area (Å²) in [4.78, 5) is 1.31. The van der Waals surface area contributed by atoms with Gasteiger partial charge in [0.15, 0.2) is 0 Å². The highest BCUT2D eigenvalue weighted by molar-refractivity contribution is 7.99. The Morgan fingerprint density at radius 3 is 2.24 bits per heavy atom. The molecule has 1 heteroatoms. The molecule has 0 saturated heterocycles. The van der Waals surface area contributed by atoms with Crippen LogP contribution in [0.2, 0.25) is 0 Å². The molecule has 2 aromatic carbocycles. The Kier molecular flexibility index (Phi) is 4.05. The van der Waals surface area contributed by atoms with Gasteiger partial charge >= 0.3 is 0 Å². The fourth-order valence-corrected chi connectivity index (χ4v) is 2.69. The molecule has 0 fully saturated rings. The maximum atomic E-state index is 3.77. The van der Waals surface area contributed by atoms with Crippen LogP contribution in [0.1, 0.15) is 23.3 Å². The molecule has 0 aliphatic heterocycles. The third kappa shape index (κ3) is 3.24. The van der Waals surface area contributed by atoms with Crippen molar-refractivity contribution in [3.8, 4) is 0 Å². The first kappa shape index (κ1) is 12.0. The molecule has 0 aliphatic carbocycles. The van der Waals surface area contributed by atoms with E-state index < -0.39 is 0 Å². The number of hydrogen-bond donors (Lipinski definition) is 0. The molecule has 0 bridgehead atoms. The maximum absolute atomic E-state index is 3.77. The lowest BCUT2D eigenvalue weighted by Crippen LogP contribution is -1.88. The van der Waals surface area contributed by atoms with E-state index in [2.05, 4.69) is 62.0 Å². The van der Waals surface area contributed by atoms with Gasteiger partial charge in [-0.15, -0.1) is 11.8 Å². The standard InChI is InChI=1S/C16H16S/c1-3-14-9-11-15(12-10-14)13(2)17-16-7-5-4-6-8-16/h3-13H,1H2,2H3. The second-order valence-electron chi connectivity index (χ2n) is 3.94. The second kappa shape index (κ2) is 5.74. The predicted molar refractivity (Wildman–Crippen MR) is 77.2 cm³/mol. The topological polar surface area (TPSA) is 0 Å². The SMILES string of the molecule is C=Cc1ccc(C(C)Sc2ccccc2)cc1. The largest absolute Gasteiger partial charge is 0.118 e. The zero-order valence-corrected chi connectivity index (χ0v) is 10.8. The van der Waals surface area contributed by atoms with E-state index >= 15 is 0 Å². The summed E-state index contributed by atoms with van der Waals surface area (Å²) in [5.41, 5.74) is 2.52. The average molecular weight is 240 g/mol. The van der Waals surface area contributed by atoms with Crippen LogP contribution in [0.5, 0.6) is 0 Å². The van der Waals surface area contributed by atoms with Crippen molar-refractivity contribution in [2.75, 3.05) is 0 Å². The molecule has 2 aromatic rings. The second-order valence-corrected chi connectivity index (χ2v) is 5.36. The molecule has 0 aromatic heterocycles. The van der Waals surface area contributed by atoms with E-state index in [1.165, 1.54) is 16.0 Å². The molecule has 86 valence electrons. The minimum atomic E-state index is 0.469. The van der Waals surface area contributed by atoms with Crippen molar-refractivity contribution >= 4 is 17.8 Å². The number of rotatable bonds is 4. The van der Waals surface area contributed by atoms with Crippen LogP contribution in [0, 0.1) is 0 Å². The van der Waals surface area contributed by atoms with Gasteiger partial charge in [-0.3, -0.25) is 0 Å². The molecule has 0 aliphatic rings. The summed E-state index contributed by atoms with van der Waals surface area (Å²) in [5, 5.41) is 0.469. The first-order chi connectivity index (χ1) is 8.29. The van der Waals surface area contributed by atoms with Crippen molar-refractivity contribution in [1.29, 1.82) is 0 Å².